The molecule has 4 nitrogen and oxygen atoms in total. The van der Waals surface area contributed by atoms with Gasteiger partial charge < -0.3 is 9.64 Å². The molecular formula is C20H29NO3S. The average molecular weight is 364 g/mol. The number of carbonyl (C=O) groups excluding carboxylic acids is 2. The zero-order valence-corrected chi connectivity index (χ0v) is 16.1. The highest BCUT2D eigenvalue weighted by atomic mass is 32.1. The van der Waals surface area contributed by atoms with Crippen molar-refractivity contribution in [2.24, 2.45) is 11.8 Å². The van der Waals surface area contributed by atoms with Gasteiger partial charge in [-0.25, -0.2) is 4.79 Å². The minimum atomic E-state index is -0.551. The minimum Gasteiger partial charge on any atom is -0.467 e. The van der Waals surface area contributed by atoms with Crippen LogP contribution in [0.2, 0.25) is 0 Å². The fraction of sp³-hybridized carbons (Fsp3) is 0.700. The maximum absolute atomic E-state index is 13.2. The lowest BCUT2D eigenvalue weighted by molar-refractivity contribution is -0.156. The monoisotopic (exact) mass is 363 g/mol. The molecule has 0 bridgehead atoms. The van der Waals surface area contributed by atoms with Gasteiger partial charge in [0, 0.05) is 17.3 Å². The Bertz CT molecular complexity index is 604. The van der Waals surface area contributed by atoms with Gasteiger partial charge in [-0.3, -0.25) is 4.79 Å². The summed E-state index contributed by atoms with van der Waals surface area (Å²) in [5, 5.41) is 2.01. The van der Waals surface area contributed by atoms with Crippen LogP contribution < -0.4 is 0 Å². The predicted molar refractivity (Wildman–Crippen MR) is 99.5 cm³/mol. The molecule has 2 heterocycles. The minimum absolute atomic E-state index is 0.0743. The van der Waals surface area contributed by atoms with Gasteiger partial charge in [-0.15, -0.1) is 11.3 Å². The van der Waals surface area contributed by atoms with Gasteiger partial charge >= 0.3 is 5.97 Å². The Morgan fingerprint density at radius 2 is 2.04 bits per heavy atom. The third-order valence-corrected chi connectivity index (χ3v) is 6.83. The number of nitrogens with zero attached hydrogens (tertiary/aromatic N) is 1. The largest absolute Gasteiger partial charge is 0.467 e. The van der Waals surface area contributed by atoms with Crippen LogP contribution in [0.4, 0.5) is 0 Å². The molecule has 1 aromatic heterocycles. The molecule has 1 aromatic rings. The molecule has 1 aliphatic carbocycles. The van der Waals surface area contributed by atoms with Crippen LogP contribution in [0.1, 0.15) is 68.4 Å². The number of hydrogen-bond donors (Lipinski definition) is 0. The van der Waals surface area contributed by atoms with Gasteiger partial charge in [0.1, 0.15) is 0 Å². The normalized spacial score (nSPS) is 26.2. The van der Waals surface area contributed by atoms with Gasteiger partial charge in [0.25, 0.3) is 0 Å². The second kappa shape index (κ2) is 8.35. The summed E-state index contributed by atoms with van der Waals surface area (Å²) < 4.78 is 5.02. The third-order valence-electron chi connectivity index (χ3n) is 5.84. The van der Waals surface area contributed by atoms with Crippen molar-refractivity contribution in [2.75, 3.05) is 13.7 Å². The summed E-state index contributed by atoms with van der Waals surface area (Å²) in [6.07, 6.45) is 8.91. The van der Waals surface area contributed by atoms with E-state index in [-0.39, 0.29) is 17.8 Å². The zero-order chi connectivity index (χ0) is 17.8. The maximum Gasteiger partial charge on any atom is 0.333 e. The first-order chi connectivity index (χ1) is 12.2. The molecule has 1 saturated carbocycles. The highest BCUT2D eigenvalue weighted by Crippen LogP contribution is 2.38. The highest BCUT2D eigenvalue weighted by molar-refractivity contribution is 7.10. The topological polar surface area (TPSA) is 46.6 Å². The number of amides is 1. The molecule has 0 spiro atoms. The standard InChI is InChI=1S/C20H29NO3S/c1-3-4-5-14-6-8-15(9-7-14)19(22)21-12-10-17-16(11-13-25-17)18(21)20(23)24-2/h11,13-15,18H,3-10,12H2,1-2H3. The van der Waals surface area contributed by atoms with Crippen LogP contribution in [0, 0.1) is 11.8 Å². The summed E-state index contributed by atoms with van der Waals surface area (Å²) >= 11 is 1.67. The van der Waals surface area contributed by atoms with Crippen LogP contribution in [0.25, 0.3) is 0 Å². The molecular weight excluding hydrogens is 334 g/mol. The molecule has 1 atom stereocenters. The molecule has 1 aliphatic heterocycles. The van der Waals surface area contributed by atoms with Crippen molar-refractivity contribution in [1.29, 1.82) is 0 Å². The number of fused-ring (bicyclic) bond motifs is 1. The Morgan fingerprint density at radius 3 is 2.72 bits per heavy atom. The Labute approximate surface area is 154 Å². The van der Waals surface area contributed by atoms with Gasteiger partial charge in [0.2, 0.25) is 5.91 Å². The first-order valence-corrected chi connectivity index (χ1v) is 10.5. The van der Waals surface area contributed by atoms with Gasteiger partial charge in [-0.2, -0.15) is 0 Å². The summed E-state index contributed by atoms with van der Waals surface area (Å²) in [6, 6.07) is 1.42. The lowest BCUT2D eigenvalue weighted by atomic mass is 9.79. The molecule has 1 unspecified atom stereocenters. The molecule has 2 aliphatic rings. The molecule has 0 N–H and O–H groups in total. The molecule has 0 saturated heterocycles. The molecule has 138 valence electrons. The zero-order valence-electron chi connectivity index (χ0n) is 15.3. The van der Waals surface area contributed by atoms with E-state index in [0.29, 0.717) is 6.54 Å². The highest BCUT2D eigenvalue weighted by Gasteiger charge is 2.40. The SMILES string of the molecule is CCCCC1CCC(C(=O)N2CCc3sccc3C2C(=O)OC)CC1. The smallest absolute Gasteiger partial charge is 0.333 e. The summed E-state index contributed by atoms with van der Waals surface area (Å²) in [7, 11) is 1.41. The fourth-order valence-corrected chi connectivity index (χ4v) is 5.25. The van der Waals surface area contributed by atoms with Crippen molar-refractivity contribution < 1.29 is 14.3 Å². The second-order valence-electron chi connectivity index (χ2n) is 7.37. The predicted octanol–water partition coefficient (Wildman–Crippen LogP) is 4.34. The molecule has 5 heteroatoms. The van der Waals surface area contributed by atoms with E-state index in [1.165, 1.54) is 31.2 Å². The quantitative estimate of drug-likeness (QED) is 0.731. The number of methoxy groups -OCH3 is 1. The fourth-order valence-electron chi connectivity index (χ4n) is 4.34. The van der Waals surface area contributed by atoms with Gasteiger partial charge in [-0.05, 0) is 55.0 Å². The van der Waals surface area contributed by atoms with Crippen molar-refractivity contribution in [3.8, 4) is 0 Å². The summed E-state index contributed by atoms with van der Waals surface area (Å²) in [4.78, 5) is 28.5. The molecule has 3 rings (SSSR count). The van der Waals surface area contributed by atoms with Crippen LogP contribution in [-0.4, -0.2) is 30.4 Å². The first-order valence-electron chi connectivity index (χ1n) is 9.60. The summed E-state index contributed by atoms with van der Waals surface area (Å²) in [5.41, 5.74) is 0.966. The Hall–Kier alpha value is -1.36. The van der Waals surface area contributed by atoms with Crippen LogP contribution in [-0.2, 0) is 20.7 Å². The van der Waals surface area contributed by atoms with E-state index in [1.807, 2.05) is 11.4 Å². The van der Waals surface area contributed by atoms with Crippen LogP contribution >= 0.6 is 11.3 Å². The average Bonchev–Trinajstić information content (AvgIpc) is 3.13. The van der Waals surface area contributed by atoms with Crippen LogP contribution in [0.5, 0.6) is 0 Å². The lowest BCUT2D eigenvalue weighted by Gasteiger charge is -2.38. The van der Waals surface area contributed by atoms with Crippen molar-refractivity contribution in [3.63, 3.8) is 0 Å². The molecule has 25 heavy (non-hydrogen) atoms. The number of thiophene rings is 1. The van der Waals surface area contributed by atoms with Gasteiger partial charge in [-0.1, -0.05) is 26.2 Å². The number of hydrogen-bond acceptors (Lipinski definition) is 4. The van der Waals surface area contributed by atoms with E-state index in [2.05, 4.69) is 6.92 Å². The lowest BCUT2D eigenvalue weighted by Crippen LogP contribution is -2.46. The second-order valence-corrected chi connectivity index (χ2v) is 8.37. The van der Waals surface area contributed by atoms with Crippen LogP contribution in [0.3, 0.4) is 0 Å². The molecule has 0 radical (unpaired) electrons. The van der Waals surface area contributed by atoms with Crippen molar-refractivity contribution in [3.05, 3.63) is 21.9 Å². The molecule has 0 aromatic carbocycles. The van der Waals surface area contributed by atoms with Crippen molar-refractivity contribution >= 4 is 23.2 Å². The Balaban J connectivity index is 1.68. The van der Waals surface area contributed by atoms with E-state index < -0.39 is 6.04 Å². The first kappa shape index (κ1) is 18.4. The molecule has 1 amide bonds. The number of esters is 1. The third kappa shape index (κ3) is 3.91. The van der Waals surface area contributed by atoms with E-state index in [4.69, 9.17) is 4.74 Å². The van der Waals surface area contributed by atoms with E-state index in [1.54, 1.807) is 16.2 Å². The van der Waals surface area contributed by atoms with Crippen molar-refractivity contribution in [1.82, 2.24) is 4.90 Å². The van der Waals surface area contributed by atoms with Crippen LogP contribution in [0.15, 0.2) is 11.4 Å². The number of rotatable bonds is 5. The molecule has 1 fully saturated rings. The van der Waals surface area contributed by atoms with E-state index in [9.17, 15) is 9.59 Å². The number of ether oxygens (including phenoxy) is 1. The summed E-state index contributed by atoms with van der Waals surface area (Å²) in [6.45, 7) is 2.86. The van der Waals surface area contributed by atoms with Gasteiger partial charge in [0.05, 0.1) is 7.11 Å². The maximum atomic E-state index is 13.2. The van der Waals surface area contributed by atoms with Gasteiger partial charge in [0.15, 0.2) is 6.04 Å². The Morgan fingerprint density at radius 1 is 1.28 bits per heavy atom. The van der Waals surface area contributed by atoms with Crippen molar-refractivity contribution in [2.45, 2.75) is 64.3 Å². The van der Waals surface area contributed by atoms with E-state index in [0.717, 1.165) is 43.6 Å². The number of unbranched alkanes of at least 4 members (excludes halogenated alkanes) is 1. The number of carbonyl (C=O) groups is 2. The van der Waals surface area contributed by atoms with E-state index >= 15 is 0 Å². The Kier molecular flexibility index (Phi) is 6.15. The summed E-state index contributed by atoms with van der Waals surface area (Å²) in [5.74, 6) is 0.695.